The number of sulfone groups is 1. The molecule has 1 heterocycles. The standard InChI is InChI=1S/C12H17FN2O2S/c1-8-6-9(2-3-11(8)13)12(15-14)10-4-5-18(16,17)7-10/h2-3,6,10,12,15H,4-5,7,14H2,1H3. The summed E-state index contributed by atoms with van der Waals surface area (Å²) >= 11 is 0. The number of nitrogens with one attached hydrogen (secondary N) is 1. The van der Waals surface area contributed by atoms with Gasteiger partial charge in [0.05, 0.1) is 11.5 Å². The Balaban J connectivity index is 2.26. The van der Waals surface area contributed by atoms with Crippen LogP contribution in [0.15, 0.2) is 18.2 Å². The van der Waals surface area contributed by atoms with E-state index in [0.29, 0.717) is 12.0 Å². The average molecular weight is 272 g/mol. The summed E-state index contributed by atoms with van der Waals surface area (Å²) in [5, 5.41) is 0. The lowest BCUT2D eigenvalue weighted by Crippen LogP contribution is -2.34. The Kier molecular flexibility index (Phi) is 3.70. The number of hydrogen-bond acceptors (Lipinski definition) is 4. The zero-order valence-electron chi connectivity index (χ0n) is 10.2. The molecule has 1 aliphatic heterocycles. The first-order valence-corrected chi connectivity index (χ1v) is 7.67. The van der Waals surface area contributed by atoms with Crippen molar-refractivity contribution in [3.05, 3.63) is 35.1 Å². The fourth-order valence-electron chi connectivity index (χ4n) is 2.45. The van der Waals surface area contributed by atoms with Gasteiger partial charge in [0, 0.05) is 6.04 Å². The molecule has 0 amide bonds. The summed E-state index contributed by atoms with van der Waals surface area (Å²) in [6.07, 6.45) is 0.591. The molecule has 0 spiro atoms. The van der Waals surface area contributed by atoms with Crippen molar-refractivity contribution in [2.75, 3.05) is 11.5 Å². The zero-order valence-corrected chi connectivity index (χ0v) is 11.0. The van der Waals surface area contributed by atoms with E-state index in [2.05, 4.69) is 5.43 Å². The molecule has 0 aromatic heterocycles. The Morgan fingerprint density at radius 2 is 2.22 bits per heavy atom. The predicted octanol–water partition coefficient (Wildman–Crippen LogP) is 1.07. The minimum absolute atomic E-state index is 0.0511. The molecular weight excluding hydrogens is 255 g/mol. The molecular formula is C12H17FN2O2S. The van der Waals surface area contributed by atoms with Crippen LogP contribution in [0.4, 0.5) is 4.39 Å². The largest absolute Gasteiger partial charge is 0.271 e. The molecule has 1 fully saturated rings. The lowest BCUT2D eigenvalue weighted by atomic mass is 9.92. The van der Waals surface area contributed by atoms with Crippen molar-refractivity contribution in [2.45, 2.75) is 19.4 Å². The van der Waals surface area contributed by atoms with Crippen molar-refractivity contribution in [1.29, 1.82) is 0 Å². The van der Waals surface area contributed by atoms with E-state index in [-0.39, 0.29) is 29.3 Å². The van der Waals surface area contributed by atoms with Crippen LogP contribution >= 0.6 is 0 Å². The monoisotopic (exact) mass is 272 g/mol. The summed E-state index contributed by atoms with van der Waals surface area (Å²) in [6, 6.07) is 4.50. The van der Waals surface area contributed by atoms with E-state index >= 15 is 0 Å². The van der Waals surface area contributed by atoms with Crippen molar-refractivity contribution < 1.29 is 12.8 Å². The second-order valence-corrected chi connectivity index (χ2v) is 7.04. The van der Waals surface area contributed by atoms with E-state index in [9.17, 15) is 12.8 Å². The van der Waals surface area contributed by atoms with Gasteiger partial charge in [0.25, 0.3) is 0 Å². The fraction of sp³-hybridized carbons (Fsp3) is 0.500. The molecule has 0 bridgehead atoms. The SMILES string of the molecule is Cc1cc(C(NN)C2CCS(=O)(=O)C2)ccc1F. The van der Waals surface area contributed by atoms with E-state index < -0.39 is 9.84 Å². The van der Waals surface area contributed by atoms with Gasteiger partial charge in [-0.2, -0.15) is 0 Å². The van der Waals surface area contributed by atoms with Crippen LogP contribution in [-0.2, 0) is 9.84 Å². The number of aryl methyl sites for hydroxylation is 1. The van der Waals surface area contributed by atoms with E-state index in [4.69, 9.17) is 5.84 Å². The molecule has 0 aliphatic carbocycles. The van der Waals surface area contributed by atoms with E-state index in [1.165, 1.54) is 6.07 Å². The lowest BCUT2D eigenvalue weighted by molar-refractivity contribution is 0.399. The van der Waals surface area contributed by atoms with Crippen LogP contribution in [-0.4, -0.2) is 19.9 Å². The maximum atomic E-state index is 13.2. The van der Waals surface area contributed by atoms with Gasteiger partial charge in [-0.05, 0) is 36.5 Å². The van der Waals surface area contributed by atoms with Crippen LogP contribution in [0.1, 0.15) is 23.6 Å². The second kappa shape index (κ2) is 4.95. The number of hydrazine groups is 1. The lowest BCUT2D eigenvalue weighted by Gasteiger charge is -2.22. The topological polar surface area (TPSA) is 72.2 Å². The maximum absolute atomic E-state index is 13.2. The first kappa shape index (κ1) is 13.5. The quantitative estimate of drug-likeness (QED) is 0.638. The number of hydrogen-bond donors (Lipinski definition) is 2. The minimum atomic E-state index is -2.95. The smallest absolute Gasteiger partial charge is 0.150 e. The maximum Gasteiger partial charge on any atom is 0.150 e. The number of nitrogens with two attached hydrogens (primary N) is 1. The number of halogens is 1. The Morgan fingerprint density at radius 1 is 1.50 bits per heavy atom. The van der Waals surface area contributed by atoms with Crippen LogP contribution in [0.3, 0.4) is 0 Å². The highest BCUT2D eigenvalue weighted by Gasteiger charge is 2.34. The molecule has 0 radical (unpaired) electrons. The summed E-state index contributed by atoms with van der Waals surface area (Å²) in [6.45, 7) is 1.68. The molecule has 4 nitrogen and oxygen atoms in total. The molecule has 1 aromatic rings. The van der Waals surface area contributed by atoms with Crippen LogP contribution in [0.2, 0.25) is 0 Å². The Morgan fingerprint density at radius 3 is 2.72 bits per heavy atom. The Hall–Kier alpha value is -0.980. The highest BCUT2D eigenvalue weighted by atomic mass is 32.2. The molecule has 18 heavy (non-hydrogen) atoms. The van der Waals surface area contributed by atoms with Crippen molar-refractivity contribution >= 4 is 9.84 Å². The van der Waals surface area contributed by atoms with Gasteiger partial charge in [0.15, 0.2) is 9.84 Å². The first-order chi connectivity index (χ1) is 8.43. The van der Waals surface area contributed by atoms with Gasteiger partial charge in [-0.15, -0.1) is 0 Å². The van der Waals surface area contributed by atoms with Gasteiger partial charge in [-0.25, -0.2) is 12.8 Å². The third-order valence-electron chi connectivity index (χ3n) is 3.46. The van der Waals surface area contributed by atoms with Crippen molar-refractivity contribution in [3.8, 4) is 0 Å². The van der Waals surface area contributed by atoms with Gasteiger partial charge >= 0.3 is 0 Å². The molecule has 1 saturated heterocycles. The molecule has 6 heteroatoms. The number of benzene rings is 1. The minimum Gasteiger partial charge on any atom is -0.271 e. The average Bonchev–Trinajstić information content (AvgIpc) is 2.65. The van der Waals surface area contributed by atoms with Crippen molar-refractivity contribution in [2.24, 2.45) is 11.8 Å². The van der Waals surface area contributed by atoms with E-state index in [0.717, 1.165) is 5.56 Å². The van der Waals surface area contributed by atoms with Gasteiger partial charge in [0.1, 0.15) is 5.82 Å². The summed E-state index contributed by atoms with van der Waals surface area (Å²) in [5.41, 5.74) is 4.03. The fourth-order valence-corrected chi connectivity index (χ4v) is 4.29. The van der Waals surface area contributed by atoms with Gasteiger partial charge in [-0.3, -0.25) is 11.3 Å². The van der Waals surface area contributed by atoms with Crippen LogP contribution in [0, 0.1) is 18.7 Å². The third-order valence-corrected chi connectivity index (χ3v) is 5.25. The summed E-state index contributed by atoms with van der Waals surface area (Å²) in [4.78, 5) is 0. The van der Waals surface area contributed by atoms with Crippen LogP contribution in [0.25, 0.3) is 0 Å². The number of rotatable bonds is 3. The van der Waals surface area contributed by atoms with Gasteiger partial charge < -0.3 is 0 Å². The summed E-state index contributed by atoms with van der Waals surface area (Å²) in [5.74, 6) is 5.54. The second-order valence-electron chi connectivity index (χ2n) is 4.82. The third kappa shape index (κ3) is 2.71. The molecule has 2 atom stereocenters. The highest BCUT2D eigenvalue weighted by molar-refractivity contribution is 7.91. The molecule has 2 rings (SSSR count). The van der Waals surface area contributed by atoms with Crippen molar-refractivity contribution in [3.63, 3.8) is 0 Å². The molecule has 100 valence electrons. The van der Waals surface area contributed by atoms with Gasteiger partial charge in [0.2, 0.25) is 0 Å². The predicted molar refractivity (Wildman–Crippen MR) is 68.0 cm³/mol. The highest BCUT2D eigenvalue weighted by Crippen LogP contribution is 2.31. The molecule has 1 aliphatic rings. The first-order valence-electron chi connectivity index (χ1n) is 5.85. The zero-order chi connectivity index (χ0) is 13.3. The van der Waals surface area contributed by atoms with Gasteiger partial charge in [-0.1, -0.05) is 12.1 Å². The molecule has 3 N–H and O–H groups in total. The Labute approximate surface area is 106 Å². The summed E-state index contributed by atoms with van der Waals surface area (Å²) < 4.78 is 36.2. The molecule has 1 aromatic carbocycles. The normalized spacial score (nSPS) is 24.1. The molecule has 0 saturated carbocycles. The van der Waals surface area contributed by atoms with Crippen LogP contribution in [0.5, 0.6) is 0 Å². The van der Waals surface area contributed by atoms with Crippen molar-refractivity contribution in [1.82, 2.24) is 5.43 Å². The van der Waals surface area contributed by atoms with Crippen LogP contribution < -0.4 is 11.3 Å². The van der Waals surface area contributed by atoms with E-state index in [1.54, 1.807) is 19.1 Å². The Bertz CT molecular complexity index is 545. The van der Waals surface area contributed by atoms with E-state index in [1.807, 2.05) is 0 Å². The molecule has 2 unspecified atom stereocenters. The summed E-state index contributed by atoms with van der Waals surface area (Å²) in [7, 11) is -2.95.